The molecule has 0 aliphatic carbocycles. The molecule has 1 rings (SSSR count). The Hall–Kier alpha value is -1.16. The van der Waals surface area contributed by atoms with Gasteiger partial charge in [-0.25, -0.2) is 0 Å². The Bertz CT molecular complexity index is 283. The maximum atomic E-state index is 11.5. The number of unbranched alkanes of at least 4 members (excludes halogenated alkanes) is 1. The van der Waals surface area contributed by atoms with Crippen molar-refractivity contribution >= 4 is 11.8 Å². The van der Waals surface area contributed by atoms with Crippen LogP contribution in [0.1, 0.15) is 32.1 Å². The van der Waals surface area contributed by atoms with Gasteiger partial charge in [-0.15, -0.1) is 0 Å². The zero-order valence-electron chi connectivity index (χ0n) is 10.3. The minimum absolute atomic E-state index is 0.0283. The number of allylic oxidation sites excluding steroid dienone is 2. The largest absolute Gasteiger partial charge is 0.469 e. The second-order valence-corrected chi connectivity index (χ2v) is 4.16. The molecule has 4 nitrogen and oxygen atoms in total. The molecule has 0 aromatic carbocycles. The fourth-order valence-electron chi connectivity index (χ4n) is 1.74. The van der Waals surface area contributed by atoms with Gasteiger partial charge in [0, 0.05) is 18.8 Å². The van der Waals surface area contributed by atoms with E-state index in [1.807, 2.05) is 12.2 Å². The van der Waals surface area contributed by atoms with Gasteiger partial charge in [0.2, 0.25) is 0 Å². The van der Waals surface area contributed by atoms with E-state index in [-0.39, 0.29) is 11.9 Å². The third kappa shape index (κ3) is 5.63. The normalized spacial score (nSPS) is 20.8. The number of carbonyl (C=O) groups is 2. The average molecular weight is 240 g/mol. The number of methoxy groups -OCH3 is 1. The molecule has 1 unspecified atom stereocenters. The minimum Gasteiger partial charge on any atom is -0.469 e. The lowest BCUT2D eigenvalue weighted by atomic mass is 9.97. The summed E-state index contributed by atoms with van der Waals surface area (Å²) < 4.78 is 9.80. The first kappa shape index (κ1) is 13.9. The number of ketones is 1. The van der Waals surface area contributed by atoms with Gasteiger partial charge in [-0.05, 0) is 19.3 Å². The molecule has 1 saturated heterocycles. The van der Waals surface area contributed by atoms with Crippen molar-refractivity contribution in [3.63, 3.8) is 0 Å². The number of hydrogen-bond donors (Lipinski definition) is 0. The molecule has 17 heavy (non-hydrogen) atoms. The van der Waals surface area contributed by atoms with Crippen LogP contribution < -0.4 is 0 Å². The van der Waals surface area contributed by atoms with Gasteiger partial charge in [-0.2, -0.15) is 0 Å². The van der Waals surface area contributed by atoms with Crippen molar-refractivity contribution in [3.8, 4) is 0 Å². The summed E-state index contributed by atoms with van der Waals surface area (Å²) >= 11 is 0. The Balaban J connectivity index is 2.08. The molecular formula is C13H20O4. The van der Waals surface area contributed by atoms with Gasteiger partial charge in [-0.1, -0.05) is 12.2 Å². The topological polar surface area (TPSA) is 52.6 Å². The van der Waals surface area contributed by atoms with E-state index >= 15 is 0 Å². The van der Waals surface area contributed by atoms with Crippen LogP contribution in [0.25, 0.3) is 0 Å². The fraction of sp³-hybridized carbons (Fsp3) is 0.692. The van der Waals surface area contributed by atoms with Gasteiger partial charge in [0.05, 0.1) is 20.3 Å². The van der Waals surface area contributed by atoms with Crippen molar-refractivity contribution in [2.24, 2.45) is 5.92 Å². The van der Waals surface area contributed by atoms with Crippen LogP contribution in [0.2, 0.25) is 0 Å². The van der Waals surface area contributed by atoms with Crippen molar-refractivity contribution in [2.45, 2.75) is 32.1 Å². The number of ether oxygens (including phenoxy) is 2. The summed E-state index contributed by atoms with van der Waals surface area (Å²) in [5.74, 6) is 0.158. The third-order valence-corrected chi connectivity index (χ3v) is 2.83. The van der Waals surface area contributed by atoms with Crippen molar-refractivity contribution in [1.29, 1.82) is 0 Å². The molecule has 1 aliphatic rings. The summed E-state index contributed by atoms with van der Waals surface area (Å²) in [6.07, 6.45) is 7.40. The Morgan fingerprint density at radius 2 is 2.35 bits per heavy atom. The maximum absolute atomic E-state index is 11.5. The molecule has 1 aliphatic heterocycles. The zero-order chi connectivity index (χ0) is 12.5. The lowest BCUT2D eigenvalue weighted by Crippen LogP contribution is -2.26. The molecule has 0 saturated carbocycles. The second kappa shape index (κ2) is 8.01. The molecular weight excluding hydrogens is 220 g/mol. The number of esters is 1. The highest BCUT2D eigenvalue weighted by Gasteiger charge is 2.20. The first-order chi connectivity index (χ1) is 8.24. The summed E-state index contributed by atoms with van der Waals surface area (Å²) in [5, 5.41) is 0. The standard InChI is InChI=1S/C13H20O4/c1-16-13(15)7-5-3-2-4-6-11-10-17-9-8-12(11)14/h2,4,11H,3,5-10H2,1H3. The number of rotatable bonds is 6. The second-order valence-electron chi connectivity index (χ2n) is 4.16. The third-order valence-electron chi connectivity index (χ3n) is 2.83. The van der Waals surface area contributed by atoms with Crippen molar-refractivity contribution in [1.82, 2.24) is 0 Å². The highest BCUT2D eigenvalue weighted by Crippen LogP contribution is 2.14. The first-order valence-corrected chi connectivity index (χ1v) is 6.06. The number of carbonyl (C=O) groups excluding carboxylic acids is 2. The van der Waals surface area contributed by atoms with Crippen LogP contribution in [0.4, 0.5) is 0 Å². The molecule has 0 N–H and O–H groups in total. The molecule has 0 radical (unpaired) electrons. The molecule has 0 aromatic rings. The Morgan fingerprint density at radius 3 is 3.06 bits per heavy atom. The van der Waals surface area contributed by atoms with Crippen LogP contribution in [-0.2, 0) is 19.1 Å². The highest BCUT2D eigenvalue weighted by atomic mass is 16.5. The molecule has 1 heterocycles. The molecule has 4 heteroatoms. The predicted octanol–water partition coefficient (Wildman–Crippen LogP) is 1.88. The monoisotopic (exact) mass is 240 g/mol. The van der Waals surface area contributed by atoms with Gasteiger partial charge < -0.3 is 9.47 Å². The Kier molecular flexibility index (Phi) is 6.55. The Labute approximate surface area is 102 Å². The van der Waals surface area contributed by atoms with Gasteiger partial charge in [-0.3, -0.25) is 9.59 Å². The molecule has 0 bridgehead atoms. The van der Waals surface area contributed by atoms with Crippen molar-refractivity contribution in [2.75, 3.05) is 20.3 Å². The Morgan fingerprint density at radius 1 is 1.53 bits per heavy atom. The summed E-state index contributed by atoms with van der Waals surface area (Å²) in [7, 11) is 1.40. The van der Waals surface area contributed by atoms with Crippen LogP contribution in [-0.4, -0.2) is 32.1 Å². The maximum Gasteiger partial charge on any atom is 0.305 e. The van der Waals surface area contributed by atoms with E-state index < -0.39 is 0 Å². The van der Waals surface area contributed by atoms with E-state index in [1.165, 1.54) is 7.11 Å². The van der Waals surface area contributed by atoms with E-state index in [4.69, 9.17) is 4.74 Å². The van der Waals surface area contributed by atoms with Crippen LogP contribution in [0.15, 0.2) is 12.2 Å². The van der Waals surface area contributed by atoms with Crippen molar-refractivity contribution < 1.29 is 19.1 Å². The molecule has 0 aromatic heterocycles. The van der Waals surface area contributed by atoms with Gasteiger partial charge in [0.25, 0.3) is 0 Å². The molecule has 96 valence electrons. The van der Waals surface area contributed by atoms with E-state index in [0.29, 0.717) is 31.8 Å². The minimum atomic E-state index is -0.172. The summed E-state index contributed by atoms with van der Waals surface area (Å²) in [6, 6.07) is 0. The summed E-state index contributed by atoms with van der Waals surface area (Å²) in [5.41, 5.74) is 0. The smallest absolute Gasteiger partial charge is 0.305 e. The lowest BCUT2D eigenvalue weighted by molar-refractivity contribution is -0.140. The summed E-state index contributed by atoms with van der Waals surface area (Å²) in [4.78, 5) is 22.3. The van der Waals surface area contributed by atoms with Gasteiger partial charge in [0.15, 0.2) is 0 Å². The van der Waals surface area contributed by atoms with E-state index in [9.17, 15) is 9.59 Å². The van der Waals surface area contributed by atoms with Crippen molar-refractivity contribution in [3.05, 3.63) is 12.2 Å². The number of hydrogen-bond acceptors (Lipinski definition) is 4. The summed E-state index contributed by atoms with van der Waals surface area (Å²) in [6.45, 7) is 1.11. The lowest BCUT2D eigenvalue weighted by Gasteiger charge is -2.19. The van der Waals surface area contributed by atoms with Crippen LogP contribution in [0.5, 0.6) is 0 Å². The van der Waals surface area contributed by atoms with Gasteiger partial charge in [0.1, 0.15) is 5.78 Å². The molecule has 0 spiro atoms. The zero-order valence-corrected chi connectivity index (χ0v) is 10.3. The first-order valence-electron chi connectivity index (χ1n) is 6.06. The van der Waals surface area contributed by atoms with Crippen LogP contribution in [0, 0.1) is 5.92 Å². The van der Waals surface area contributed by atoms with E-state index in [2.05, 4.69) is 4.74 Å². The molecule has 1 fully saturated rings. The van der Waals surface area contributed by atoms with E-state index in [1.54, 1.807) is 0 Å². The fourth-order valence-corrected chi connectivity index (χ4v) is 1.74. The average Bonchev–Trinajstić information content (AvgIpc) is 2.35. The highest BCUT2D eigenvalue weighted by molar-refractivity contribution is 5.81. The SMILES string of the molecule is COC(=O)CCCC=CCC1COCCC1=O. The molecule has 0 amide bonds. The molecule has 1 atom stereocenters. The van der Waals surface area contributed by atoms with Gasteiger partial charge >= 0.3 is 5.97 Å². The number of Topliss-reactive ketones (excluding diaryl/α,β-unsaturated/α-hetero) is 1. The van der Waals surface area contributed by atoms with Crippen LogP contribution in [0.3, 0.4) is 0 Å². The predicted molar refractivity (Wildman–Crippen MR) is 63.6 cm³/mol. The quantitative estimate of drug-likeness (QED) is 0.404. The van der Waals surface area contributed by atoms with E-state index in [0.717, 1.165) is 19.3 Å². The van der Waals surface area contributed by atoms with Crippen LogP contribution >= 0.6 is 0 Å².